The van der Waals surface area contributed by atoms with E-state index in [0.717, 1.165) is 18.7 Å². The van der Waals surface area contributed by atoms with Crippen LogP contribution in [0.1, 0.15) is 51.8 Å². The number of nitrogen functional groups attached to an aromatic ring is 1. The fourth-order valence-electron chi connectivity index (χ4n) is 1.88. The lowest BCUT2D eigenvalue weighted by Gasteiger charge is -2.20. The second-order valence-electron chi connectivity index (χ2n) is 6.29. The molecule has 1 aromatic heterocycles. The van der Waals surface area contributed by atoms with Crippen LogP contribution in [0.25, 0.3) is 0 Å². The molecule has 1 heterocycles. The summed E-state index contributed by atoms with van der Waals surface area (Å²) < 4.78 is 0. The lowest BCUT2D eigenvalue weighted by molar-refractivity contribution is -0.122. The van der Waals surface area contributed by atoms with Crippen LogP contribution in [-0.4, -0.2) is 28.0 Å². The molecule has 6 heteroatoms. The van der Waals surface area contributed by atoms with Crippen molar-refractivity contribution >= 4 is 17.5 Å². The molecule has 4 N–H and O–H groups in total. The zero-order valence-corrected chi connectivity index (χ0v) is 12.4. The van der Waals surface area contributed by atoms with Crippen LogP contribution in [0.4, 0.5) is 11.6 Å². The Kier molecular flexibility index (Phi) is 4.11. The molecule has 0 unspecified atom stereocenters. The Morgan fingerprint density at radius 2 is 2.10 bits per heavy atom. The Morgan fingerprint density at radius 1 is 1.40 bits per heavy atom. The minimum Gasteiger partial charge on any atom is -0.384 e. The van der Waals surface area contributed by atoms with E-state index < -0.39 is 0 Å². The fraction of sp³-hybridized carbons (Fsp3) is 0.643. The van der Waals surface area contributed by atoms with Gasteiger partial charge in [-0.1, -0.05) is 0 Å². The Balaban J connectivity index is 1.83. The molecule has 1 aromatic rings. The van der Waals surface area contributed by atoms with Crippen LogP contribution in [0.15, 0.2) is 6.07 Å². The van der Waals surface area contributed by atoms with Crippen molar-refractivity contribution in [2.75, 3.05) is 17.6 Å². The Bertz CT molecular complexity index is 491. The largest absolute Gasteiger partial charge is 0.384 e. The van der Waals surface area contributed by atoms with Gasteiger partial charge in [-0.3, -0.25) is 4.79 Å². The van der Waals surface area contributed by atoms with E-state index >= 15 is 0 Å². The summed E-state index contributed by atoms with van der Waals surface area (Å²) in [5.74, 6) is 2.47. The zero-order valence-electron chi connectivity index (χ0n) is 12.4. The normalized spacial score (nSPS) is 14.9. The number of carbonyl (C=O) groups excluding carboxylic acids is 1. The minimum absolute atomic E-state index is 0.0226. The van der Waals surface area contributed by atoms with Gasteiger partial charge in [-0.25, -0.2) is 9.97 Å². The monoisotopic (exact) mass is 277 g/mol. The Hall–Kier alpha value is -1.85. The molecule has 1 saturated carbocycles. The highest BCUT2D eigenvalue weighted by Gasteiger charge is 2.27. The molecule has 0 atom stereocenters. The van der Waals surface area contributed by atoms with Crippen LogP contribution in [0.3, 0.4) is 0 Å². The highest BCUT2D eigenvalue weighted by atomic mass is 16.1. The molecule has 1 aliphatic carbocycles. The van der Waals surface area contributed by atoms with E-state index in [1.165, 1.54) is 0 Å². The number of carbonyl (C=O) groups is 1. The molecular weight excluding hydrogens is 254 g/mol. The third-order valence-electron chi connectivity index (χ3n) is 2.88. The fourth-order valence-corrected chi connectivity index (χ4v) is 1.88. The summed E-state index contributed by atoms with van der Waals surface area (Å²) in [5.41, 5.74) is 5.57. The first kappa shape index (κ1) is 14.6. The molecule has 0 radical (unpaired) electrons. The van der Waals surface area contributed by atoms with Crippen molar-refractivity contribution in [2.24, 2.45) is 0 Å². The molecule has 0 bridgehead atoms. The quantitative estimate of drug-likeness (QED) is 0.761. The first-order valence-electron chi connectivity index (χ1n) is 7.03. The Morgan fingerprint density at radius 3 is 2.70 bits per heavy atom. The Labute approximate surface area is 119 Å². The van der Waals surface area contributed by atoms with Gasteiger partial charge in [0, 0.05) is 30.5 Å². The van der Waals surface area contributed by atoms with E-state index in [1.807, 2.05) is 20.8 Å². The number of nitrogens with two attached hydrogens (primary N) is 1. The van der Waals surface area contributed by atoms with Gasteiger partial charge in [0.15, 0.2) is 0 Å². The lowest BCUT2D eigenvalue weighted by Crippen LogP contribution is -2.41. The molecule has 110 valence electrons. The van der Waals surface area contributed by atoms with E-state index in [0.29, 0.717) is 30.5 Å². The highest BCUT2D eigenvalue weighted by molar-refractivity contribution is 5.77. The van der Waals surface area contributed by atoms with Gasteiger partial charge in [-0.05, 0) is 33.6 Å². The maximum Gasteiger partial charge on any atom is 0.222 e. The predicted molar refractivity (Wildman–Crippen MR) is 79.4 cm³/mol. The first-order valence-corrected chi connectivity index (χ1v) is 7.03. The van der Waals surface area contributed by atoms with Crippen molar-refractivity contribution in [2.45, 2.75) is 51.5 Å². The van der Waals surface area contributed by atoms with Gasteiger partial charge in [-0.15, -0.1) is 0 Å². The van der Waals surface area contributed by atoms with Crippen molar-refractivity contribution in [1.82, 2.24) is 15.3 Å². The lowest BCUT2D eigenvalue weighted by atomic mass is 10.1. The van der Waals surface area contributed by atoms with E-state index in [-0.39, 0.29) is 11.4 Å². The van der Waals surface area contributed by atoms with Crippen molar-refractivity contribution in [1.29, 1.82) is 0 Å². The predicted octanol–water partition coefficient (Wildman–Crippen LogP) is 1.65. The van der Waals surface area contributed by atoms with Gasteiger partial charge in [0.05, 0.1) is 0 Å². The van der Waals surface area contributed by atoms with Gasteiger partial charge in [0.2, 0.25) is 5.91 Å². The van der Waals surface area contributed by atoms with Crippen LogP contribution in [-0.2, 0) is 4.79 Å². The van der Waals surface area contributed by atoms with Crippen molar-refractivity contribution < 1.29 is 4.79 Å². The molecule has 0 aliphatic heterocycles. The minimum atomic E-state index is -0.199. The molecule has 0 spiro atoms. The molecule has 0 saturated heterocycles. The average Bonchev–Trinajstić information content (AvgIpc) is 3.09. The molecule has 0 aromatic carbocycles. The van der Waals surface area contributed by atoms with Crippen LogP contribution in [0.2, 0.25) is 0 Å². The van der Waals surface area contributed by atoms with Crippen molar-refractivity contribution in [3.8, 4) is 0 Å². The summed E-state index contributed by atoms with van der Waals surface area (Å²) in [5, 5.41) is 6.05. The number of aromatic nitrogens is 2. The van der Waals surface area contributed by atoms with Crippen molar-refractivity contribution in [3.63, 3.8) is 0 Å². The number of rotatable bonds is 5. The molecule has 1 aliphatic rings. The summed E-state index contributed by atoms with van der Waals surface area (Å²) in [6.07, 6.45) is 2.67. The molecule has 6 nitrogen and oxygen atoms in total. The average molecular weight is 277 g/mol. The van der Waals surface area contributed by atoms with Gasteiger partial charge < -0.3 is 16.4 Å². The van der Waals surface area contributed by atoms with E-state index in [2.05, 4.69) is 20.6 Å². The van der Waals surface area contributed by atoms with Gasteiger partial charge >= 0.3 is 0 Å². The number of hydrogen-bond acceptors (Lipinski definition) is 5. The summed E-state index contributed by atoms with van der Waals surface area (Å²) in [4.78, 5) is 20.4. The SMILES string of the molecule is CC(C)(C)NC(=O)CCNc1cc(N)nc(C2CC2)n1. The molecule has 20 heavy (non-hydrogen) atoms. The molecule has 1 amide bonds. The molecule has 2 rings (SSSR count). The number of hydrogen-bond donors (Lipinski definition) is 3. The maximum atomic E-state index is 11.7. The number of anilines is 2. The van der Waals surface area contributed by atoms with Gasteiger partial charge in [0.25, 0.3) is 0 Å². The zero-order chi connectivity index (χ0) is 14.8. The summed E-state index contributed by atoms with van der Waals surface area (Å²) in [6, 6.07) is 1.70. The number of nitrogens with zero attached hydrogens (tertiary/aromatic N) is 2. The van der Waals surface area contributed by atoms with Gasteiger partial charge in [-0.2, -0.15) is 0 Å². The smallest absolute Gasteiger partial charge is 0.222 e. The van der Waals surface area contributed by atoms with E-state index in [9.17, 15) is 4.79 Å². The summed E-state index contributed by atoms with van der Waals surface area (Å²) >= 11 is 0. The number of amides is 1. The standard InChI is InChI=1S/C14H23N5O/c1-14(2,3)19-12(20)6-7-16-11-8-10(15)17-13(18-11)9-4-5-9/h8-9H,4-7H2,1-3H3,(H,19,20)(H3,15,16,17,18). The highest BCUT2D eigenvalue weighted by Crippen LogP contribution is 2.38. The first-order chi connectivity index (χ1) is 9.33. The van der Waals surface area contributed by atoms with Crippen LogP contribution >= 0.6 is 0 Å². The summed E-state index contributed by atoms with van der Waals surface area (Å²) in [6.45, 7) is 6.42. The second kappa shape index (κ2) is 5.64. The van der Waals surface area contributed by atoms with Crippen LogP contribution in [0, 0.1) is 0 Å². The third-order valence-corrected chi connectivity index (χ3v) is 2.88. The van der Waals surface area contributed by atoms with Crippen LogP contribution in [0.5, 0.6) is 0 Å². The third kappa shape index (κ3) is 4.68. The molecule has 1 fully saturated rings. The van der Waals surface area contributed by atoms with Gasteiger partial charge in [0.1, 0.15) is 17.5 Å². The second-order valence-corrected chi connectivity index (χ2v) is 6.29. The van der Waals surface area contributed by atoms with E-state index in [4.69, 9.17) is 5.73 Å². The number of nitrogens with one attached hydrogen (secondary N) is 2. The maximum absolute atomic E-state index is 11.7. The molecular formula is C14H23N5O. The van der Waals surface area contributed by atoms with Crippen LogP contribution < -0.4 is 16.4 Å². The van der Waals surface area contributed by atoms with E-state index in [1.54, 1.807) is 6.07 Å². The topological polar surface area (TPSA) is 92.9 Å². The van der Waals surface area contributed by atoms with Crippen molar-refractivity contribution in [3.05, 3.63) is 11.9 Å². The summed E-state index contributed by atoms with van der Waals surface area (Å²) in [7, 11) is 0.